The van der Waals surface area contributed by atoms with Crippen LogP contribution in [0.15, 0.2) is 35.2 Å². The van der Waals surface area contributed by atoms with Crippen LogP contribution in [0.25, 0.3) is 0 Å². The van der Waals surface area contributed by atoms with Gasteiger partial charge in [0.25, 0.3) is 0 Å². The van der Waals surface area contributed by atoms with Gasteiger partial charge in [0.1, 0.15) is 16.5 Å². The SMILES string of the molecule is Nc1cc(F)c(S(=O)(=O)Cc2cc(Cl)ccc2Cl)c(F)c1. The molecule has 0 fully saturated rings. The molecular weight excluding hydrogens is 343 g/mol. The number of nitrogen functional groups attached to an aromatic ring is 1. The van der Waals surface area contributed by atoms with Crippen molar-refractivity contribution in [3.05, 3.63) is 57.6 Å². The van der Waals surface area contributed by atoms with E-state index < -0.39 is 32.1 Å². The van der Waals surface area contributed by atoms with Crippen LogP contribution in [-0.4, -0.2) is 8.42 Å². The van der Waals surface area contributed by atoms with Gasteiger partial charge in [-0.25, -0.2) is 17.2 Å². The molecule has 2 aromatic rings. The molecule has 2 N–H and O–H groups in total. The maximum absolute atomic E-state index is 13.7. The summed E-state index contributed by atoms with van der Waals surface area (Å²) in [6.45, 7) is 0. The van der Waals surface area contributed by atoms with E-state index in [0.29, 0.717) is 0 Å². The Bertz CT molecular complexity index is 787. The van der Waals surface area contributed by atoms with Gasteiger partial charge in [-0.2, -0.15) is 0 Å². The molecule has 21 heavy (non-hydrogen) atoms. The number of anilines is 1. The molecule has 0 aliphatic rings. The quantitative estimate of drug-likeness (QED) is 0.854. The fraction of sp³-hybridized carbons (Fsp3) is 0.0769. The first-order valence-electron chi connectivity index (χ1n) is 5.62. The molecule has 3 nitrogen and oxygen atoms in total. The number of benzene rings is 2. The third-order valence-electron chi connectivity index (χ3n) is 2.68. The van der Waals surface area contributed by atoms with Gasteiger partial charge in [-0.05, 0) is 35.9 Å². The average Bonchev–Trinajstić information content (AvgIpc) is 2.31. The predicted octanol–water partition coefficient (Wildman–Crippen LogP) is 3.83. The summed E-state index contributed by atoms with van der Waals surface area (Å²) in [5, 5.41) is 0.405. The molecule has 0 unspecified atom stereocenters. The Balaban J connectivity index is 2.51. The van der Waals surface area contributed by atoms with Gasteiger partial charge in [-0.3, -0.25) is 0 Å². The number of sulfone groups is 1. The maximum Gasteiger partial charge on any atom is 0.188 e. The molecule has 0 amide bonds. The molecule has 0 aromatic heterocycles. The number of nitrogens with two attached hydrogens (primary N) is 1. The number of halogens is 4. The number of hydrogen-bond acceptors (Lipinski definition) is 3. The highest BCUT2D eigenvalue weighted by atomic mass is 35.5. The molecule has 0 saturated heterocycles. The Hall–Kier alpha value is -1.37. The lowest BCUT2D eigenvalue weighted by Gasteiger charge is -2.09. The highest BCUT2D eigenvalue weighted by Gasteiger charge is 2.26. The van der Waals surface area contributed by atoms with Crippen LogP contribution >= 0.6 is 23.2 Å². The van der Waals surface area contributed by atoms with Gasteiger partial charge in [0.05, 0.1) is 5.75 Å². The van der Waals surface area contributed by atoms with Crippen molar-refractivity contribution in [2.24, 2.45) is 0 Å². The molecule has 0 bridgehead atoms. The molecule has 112 valence electrons. The summed E-state index contributed by atoms with van der Waals surface area (Å²) in [4.78, 5) is -1.03. The highest BCUT2D eigenvalue weighted by molar-refractivity contribution is 7.90. The highest BCUT2D eigenvalue weighted by Crippen LogP contribution is 2.28. The normalized spacial score (nSPS) is 11.6. The van der Waals surface area contributed by atoms with Crippen LogP contribution in [0.1, 0.15) is 5.56 Å². The zero-order valence-electron chi connectivity index (χ0n) is 10.4. The first-order valence-corrected chi connectivity index (χ1v) is 8.03. The molecule has 0 saturated carbocycles. The summed E-state index contributed by atoms with van der Waals surface area (Å²) in [7, 11) is -4.28. The first kappa shape index (κ1) is 16.0. The smallest absolute Gasteiger partial charge is 0.188 e. The third kappa shape index (κ3) is 3.45. The Labute approximate surface area is 130 Å². The topological polar surface area (TPSA) is 60.2 Å². The largest absolute Gasteiger partial charge is 0.399 e. The fourth-order valence-electron chi connectivity index (χ4n) is 1.81. The van der Waals surface area contributed by atoms with E-state index in [1.807, 2.05) is 0 Å². The van der Waals surface area contributed by atoms with Crippen molar-refractivity contribution in [3.8, 4) is 0 Å². The minimum Gasteiger partial charge on any atom is -0.399 e. The zero-order valence-corrected chi connectivity index (χ0v) is 12.7. The van der Waals surface area contributed by atoms with Crippen LogP contribution in [0.4, 0.5) is 14.5 Å². The minimum atomic E-state index is -4.28. The van der Waals surface area contributed by atoms with Crippen LogP contribution in [0.5, 0.6) is 0 Å². The van der Waals surface area contributed by atoms with Crippen LogP contribution in [-0.2, 0) is 15.6 Å². The van der Waals surface area contributed by atoms with Gasteiger partial charge in [-0.1, -0.05) is 23.2 Å². The molecule has 8 heteroatoms. The summed E-state index contributed by atoms with van der Waals surface area (Å²) >= 11 is 11.6. The standard InChI is InChI=1S/C13H9Cl2F2NO2S/c14-8-1-2-10(15)7(3-8)6-21(19,20)13-11(16)4-9(18)5-12(13)17/h1-5H,6,18H2. The van der Waals surface area contributed by atoms with E-state index in [1.165, 1.54) is 18.2 Å². The second-order valence-corrected chi connectivity index (χ2v) is 7.08. The molecule has 0 aliphatic heterocycles. The van der Waals surface area contributed by atoms with Crippen molar-refractivity contribution in [2.75, 3.05) is 5.73 Å². The van der Waals surface area contributed by atoms with Gasteiger partial charge in [0.15, 0.2) is 9.84 Å². The van der Waals surface area contributed by atoms with Crippen LogP contribution in [0, 0.1) is 11.6 Å². The Morgan fingerprint density at radius 1 is 1.05 bits per heavy atom. The van der Waals surface area contributed by atoms with Crippen molar-refractivity contribution in [3.63, 3.8) is 0 Å². The number of hydrogen-bond donors (Lipinski definition) is 1. The van der Waals surface area contributed by atoms with Crippen molar-refractivity contribution in [1.82, 2.24) is 0 Å². The monoisotopic (exact) mass is 351 g/mol. The van der Waals surface area contributed by atoms with Crippen molar-refractivity contribution < 1.29 is 17.2 Å². The second-order valence-electron chi connectivity index (χ2n) is 4.31. The van der Waals surface area contributed by atoms with E-state index in [0.717, 1.165) is 12.1 Å². The predicted molar refractivity (Wildman–Crippen MR) is 78.1 cm³/mol. The summed E-state index contributed by atoms with van der Waals surface area (Å²) in [5.74, 6) is -3.17. The molecule has 2 rings (SSSR count). The Morgan fingerprint density at radius 3 is 2.19 bits per heavy atom. The molecule has 0 radical (unpaired) electrons. The van der Waals surface area contributed by atoms with E-state index in [4.69, 9.17) is 28.9 Å². The van der Waals surface area contributed by atoms with Crippen LogP contribution < -0.4 is 5.73 Å². The fourth-order valence-corrected chi connectivity index (χ4v) is 3.77. The average molecular weight is 352 g/mol. The van der Waals surface area contributed by atoms with Gasteiger partial charge >= 0.3 is 0 Å². The van der Waals surface area contributed by atoms with Gasteiger partial charge in [-0.15, -0.1) is 0 Å². The number of rotatable bonds is 3. The zero-order chi connectivity index (χ0) is 15.8. The summed E-state index contributed by atoms with van der Waals surface area (Å²) in [6.07, 6.45) is 0. The summed E-state index contributed by atoms with van der Waals surface area (Å²) in [6, 6.07) is 5.70. The lowest BCUT2D eigenvalue weighted by atomic mass is 10.2. The van der Waals surface area contributed by atoms with Crippen molar-refractivity contribution >= 4 is 38.7 Å². The first-order chi connectivity index (χ1) is 9.70. The molecule has 0 atom stereocenters. The van der Waals surface area contributed by atoms with E-state index in [-0.39, 0.29) is 21.3 Å². The van der Waals surface area contributed by atoms with Crippen molar-refractivity contribution in [1.29, 1.82) is 0 Å². The molecule has 0 spiro atoms. The van der Waals surface area contributed by atoms with E-state index in [9.17, 15) is 17.2 Å². The lowest BCUT2D eigenvalue weighted by molar-refractivity contribution is 0.520. The Kier molecular flexibility index (Phi) is 4.41. The van der Waals surface area contributed by atoms with Crippen LogP contribution in [0.3, 0.4) is 0 Å². The molecule has 2 aromatic carbocycles. The summed E-state index contributed by atoms with van der Waals surface area (Å²) < 4.78 is 51.9. The molecule has 0 aliphatic carbocycles. The molecule has 0 heterocycles. The lowest BCUT2D eigenvalue weighted by Crippen LogP contribution is -2.11. The van der Waals surface area contributed by atoms with Gasteiger partial charge in [0, 0.05) is 15.7 Å². The van der Waals surface area contributed by atoms with E-state index in [1.54, 1.807) is 0 Å². The van der Waals surface area contributed by atoms with E-state index >= 15 is 0 Å². The molecular formula is C13H9Cl2F2NO2S. The summed E-state index contributed by atoms with van der Waals surface area (Å²) in [5.41, 5.74) is 5.20. The maximum atomic E-state index is 13.7. The van der Waals surface area contributed by atoms with Crippen LogP contribution in [0.2, 0.25) is 10.0 Å². The van der Waals surface area contributed by atoms with Crippen molar-refractivity contribution in [2.45, 2.75) is 10.6 Å². The van der Waals surface area contributed by atoms with E-state index in [2.05, 4.69) is 0 Å². The second kappa shape index (κ2) is 5.79. The van der Waals surface area contributed by atoms with Gasteiger partial charge in [0.2, 0.25) is 0 Å². The van der Waals surface area contributed by atoms with Gasteiger partial charge < -0.3 is 5.73 Å². The third-order valence-corrected chi connectivity index (χ3v) is 4.99. The Morgan fingerprint density at radius 2 is 1.62 bits per heavy atom. The minimum absolute atomic E-state index is 0.138.